The lowest BCUT2D eigenvalue weighted by molar-refractivity contribution is -0.139. The van der Waals surface area contributed by atoms with Crippen LogP contribution in [0.25, 0.3) is 10.9 Å². The van der Waals surface area contributed by atoms with Crippen LogP contribution < -0.4 is 0 Å². The van der Waals surface area contributed by atoms with Crippen molar-refractivity contribution in [1.82, 2.24) is 9.58 Å². The summed E-state index contributed by atoms with van der Waals surface area (Å²) in [6.07, 6.45) is 3.60. The van der Waals surface area contributed by atoms with Crippen LogP contribution in [0.15, 0.2) is 108 Å². The highest BCUT2D eigenvalue weighted by molar-refractivity contribution is 6.09. The molecule has 9 rings (SSSR count). The van der Waals surface area contributed by atoms with E-state index in [2.05, 4.69) is 40.0 Å². The maximum atomic E-state index is 13.9. The molecule has 2 amide bonds. The topological polar surface area (TPSA) is 78.5 Å². The van der Waals surface area contributed by atoms with Crippen molar-refractivity contribution >= 4 is 28.9 Å². The number of carbonyl (C=O) groups is 2. The number of rotatable bonds is 4. The van der Waals surface area contributed by atoms with Crippen LogP contribution in [-0.2, 0) is 16.1 Å². The number of aromatic nitrogens is 1. The molecule has 3 aliphatic carbocycles. The van der Waals surface area contributed by atoms with Crippen molar-refractivity contribution in [3.05, 3.63) is 142 Å². The highest BCUT2D eigenvalue weighted by atomic mass is 16.2. The number of fused-ring (bicyclic) bond motifs is 1. The van der Waals surface area contributed by atoms with Gasteiger partial charge >= 0.3 is 0 Å². The van der Waals surface area contributed by atoms with Gasteiger partial charge < -0.3 is 4.57 Å². The molecule has 1 aliphatic heterocycles. The van der Waals surface area contributed by atoms with Gasteiger partial charge in [-0.3, -0.25) is 9.59 Å². The minimum atomic E-state index is -0.460. The summed E-state index contributed by atoms with van der Waals surface area (Å²) in [6, 6.07) is 34.2. The number of hydrogen-bond acceptors (Lipinski definition) is 4. The van der Waals surface area contributed by atoms with Gasteiger partial charge in [-0.2, -0.15) is 15.4 Å². The first-order valence-corrected chi connectivity index (χ1v) is 13.8. The lowest BCUT2D eigenvalue weighted by Crippen LogP contribution is -2.41. The number of amides is 2. The Balaban J connectivity index is 1.17. The van der Waals surface area contributed by atoms with E-state index in [9.17, 15) is 14.9 Å². The largest absolute Gasteiger partial charge is 0.342 e. The standard InChI is InChI=1S/C35H24N4O2/c36-17-21-9-1-2-10-22(21)19-38-20-23(24-11-7-8-16-29(24)38)18-37-39-34(40)32-30-25-12-3-4-13-26(25)31(33(32)35(39)41)28-15-6-5-14-27(28)30/h1-16,18,20,30-33H,19H2/b37-18-/t30?,31?,32-,33-/m1/s1. The van der Waals surface area contributed by atoms with Gasteiger partial charge in [-0.05, 0) is 39.9 Å². The molecule has 6 heteroatoms. The normalized spacial score (nSPS) is 22.2. The fraction of sp³-hybridized carbons (Fsp3) is 0.143. The third-order valence-electron chi connectivity index (χ3n) is 9.04. The van der Waals surface area contributed by atoms with Crippen LogP contribution in [0.4, 0.5) is 0 Å². The van der Waals surface area contributed by atoms with Gasteiger partial charge in [-0.15, -0.1) is 0 Å². The number of imide groups is 1. The molecule has 4 aromatic carbocycles. The van der Waals surface area contributed by atoms with Crippen LogP contribution >= 0.6 is 0 Å². The molecular weight excluding hydrogens is 508 g/mol. The van der Waals surface area contributed by atoms with E-state index in [0.29, 0.717) is 12.1 Å². The second kappa shape index (κ2) is 8.87. The third-order valence-corrected chi connectivity index (χ3v) is 9.04. The van der Waals surface area contributed by atoms with Crippen molar-refractivity contribution in [3.8, 4) is 6.07 Å². The second-order valence-electron chi connectivity index (χ2n) is 11.0. The molecular formula is C35H24N4O2. The van der Waals surface area contributed by atoms with Gasteiger partial charge in [0.1, 0.15) is 0 Å². The van der Waals surface area contributed by atoms with Crippen molar-refractivity contribution in [1.29, 1.82) is 5.26 Å². The first-order chi connectivity index (χ1) is 20.2. The summed E-state index contributed by atoms with van der Waals surface area (Å²) in [4.78, 5) is 27.8. The summed E-state index contributed by atoms with van der Waals surface area (Å²) in [5.41, 5.74) is 7.92. The van der Waals surface area contributed by atoms with E-state index in [1.165, 1.54) is 0 Å². The zero-order valence-corrected chi connectivity index (χ0v) is 22.0. The summed E-state index contributed by atoms with van der Waals surface area (Å²) in [6.45, 7) is 0.518. The van der Waals surface area contributed by atoms with E-state index >= 15 is 0 Å². The van der Waals surface area contributed by atoms with Gasteiger partial charge in [0.25, 0.3) is 11.8 Å². The van der Waals surface area contributed by atoms with Gasteiger partial charge in [0.15, 0.2) is 0 Å². The molecule has 41 heavy (non-hydrogen) atoms. The van der Waals surface area contributed by atoms with Gasteiger partial charge in [-0.25, -0.2) is 0 Å². The minimum Gasteiger partial charge on any atom is -0.342 e. The molecule has 1 aromatic heterocycles. The molecule has 4 aliphatic rings. The molecule has 0 unspecified atom stereocenters. The molecule has 5 aromatic rings. The Bertz CT molecular complexity index is 1860. The smallest absolute Gasteiger partial charge is 0.254 e. The van der Waals surface area contributed by atoms with Crippen LogP contribution in [0.2, 0.25) is 0 Å². The van der Waals surface area contributed by atoms with Crippen molar-refractivity contribution in [3.63, 3.8) is 0 Å². The highest BCUT2D eigenvalue weighted by Gasteiger charge is 2.61. The van der Waals surface area contributed by atoms with E-state index in [-0.39, 0.29) is 23.7 Å². The molecule has 2 heterocycles. The molecule has 0 radical (unpaired) electrons. The molecule has 1 saturated heterocycles. The first-order valence-electron chi connectivity index (χ1n) is 13.8. The number of benzene rings is 4. The zero-order valence-electron chi connectivity index (χ0n) is 22.0. The van der Waals surface area contributed by atoms with Crippen LogP contribution in [0.5, 0.6) is 0 Å². The van der Waals surface area contributed by atoms with Crippen LogP contribution in [0.1, 0.15) is 50.8 Å². The Morgan fingerprint density at radius 3 is 1.88 bits per heavy atom. The van der Waals surface area contributed by atoms with Crippen LogP contribution in [0, 0.1) is 23.2 Å². The van der Waals surface area contributed by atoms with Crippen molar-refractivity contribution in [2.75, 3.05) is 0 Å². The van der Waals surface area contributed by atoms with Crippen molar-refractivity contribution in [2.45, 2.75) is 18.4 Å². The Morgan fingerprint density at radius 1 is 0.732 bits per heavy atom. The summed E-state index contributed by atoms with van der Waals surface area (Å²) in [5.74, 6) is -1.70. The summed E-state index contributed by atoms with van der Waals surface area (Å²) in [7, 11) is 0. The molecule has 2 atom stereocenters. The average molecular weight is 533 g/mol. The molecule has 0 saturated carbocycles. The SMILES string of the molecule is N#Cc1ccccc1Cn1cc(/C=N\N2C(=O)[C@@H]3C4c5ccccc5C(c5ccccc54)[C@H]3C2=O)c2ccccc21. The third kappa shape index (κ3) is 3.33. The molecule has 0 N–H and O–H groups in total. The lowest BCUT2D eigenvalue weighted by atomic mass is 9.55. The van der Waals surface area contributed by atoms with Crippen molar-refractivity contribution in [2.24, 2.45) is 16.9 Å². The number of nitriles is 1. The fourth-order valence-electron chi connectivity index (χ4n) is 7.35. The van der Waals surface area contributed by atoms with E-state index in [0.717, 1.165) is 49.3 Å². The number of nitrogens with zero attached hydrogens (tertiary/aromatic N) is 4. The van der Waals surface area contributed by atoms with Gasteiger partial charge in [0.2, 0.25) is 0 Å². The van der Waals surface area contributed by atoms with Crippen molar-refractivity contribution < 1.29 is 9.59 Å². The molecule has 2 bridgehead atoms. The Hall–Kier alpha value is -5.28. The van der Waals surface area contributed by atoms with Crippen LogP contribution in [-0.4, -0.2) is 27.6 Å². The summed E-state index contributed by atoms with van der Waals surface area (Å²) in [5, 5.41) is 16.2. The molecule has 196 valence electrons. The maximum absolute atomic E-state index is 13.9. The fourth-order valence-corrected chi connectivity index (χ4v) is 7.35. The van der Waals surface area contributed by atoms with Gasteiger partial charge in [0, 0.05) is 41.0 Å². The Kier molecular flexibility index (Phi) is 5.10. The maximum Gasteiger partial charge on any atom is 0.254 e. The Morgan fingerprint density at radius 2 is 1.27 bits per heavy atom. The summed E-state index contributed by atoms with van der Waals surface area (Å²) < 4.78 is 2.08. The van der Waals surface area contributed by atoms with E-state index in [1.54, 1.807) is 6.21 Å². The zero-order chi connectivity index (χ0) is 27.7. The predicted molar refractivity (Wildman–Crippen MR) is 155 cm³/mol. The van der Waals surface area contributed by atoms with E-state index in [1.807, 2.05) is 79.0 Å². The summed E-state index contributed by atoms with van der Waals surface area (Å²) >= 11 is 0. The average Bonchev–Trinajstić information content (AvgIpc) is 3.50. The monoisotopic (exact) mass is 532 g/mol. The number of para-hydroxylation sites is 1. The molecule has 6 nitrogen and oxygen atoms in total. The Labute approximate surface area is 236 Å². The number of carbonyl (C=O) groups excluding carboxylic acids is 2. The van der Waals surface area contributed by atoms with Gasteiger partial charge in [-0.1, -0.05) is 84.9 Å². The molecule has 1 fully saturated rings. The number of hydrazone groups is 1. The predicted octanol–water partition coefficient (Wildman–Crippen LogP) is 5.79. The highest BCUT2D eigenvalue weighted by Crippen LogP contribution is 2.60. The van der Waals surface area contributed by atoms with Crippen LogP contribution in [0.3, 0.4) is 0 Å². The minimum absolute atomic E-state index is 0.156. The van der Waals surface area contributed by atoms with Gasteiger partial charge in [0.05, 0.1) is 29.7 Å². The van der Waals surface area contributed by atoms with E-state index < -0.39 is 11.8 Å². The molecule has 0 spiro atoms. The van der Waals surface area contributed by atoms with E-state index in [4.69, 9.17) is 0 Å². The second-order valence-corrected chi connectivity index (χ2v) is 11.0. The quantitative estimate of drug-likeness (QED) is 0.217. The first kappa shape index (κ1) is 23.6. The number of hydrogen-bond donors (Lipinski definition) is 0. The lowest BCUT2D eigenvalue weighted by Gasteiger charge is -2.45.